The zero-order chi connectivity index (χ0) is 10.8. The molecule has 0 aromatic carbocycles. The summed E-state index contributed by atoms with van der Waals surface area (Å²) >= 11 is 0. The van der Waals surface area contributed by atoms with Gasteiger partial charge in [0.1, 0.15) is 0 Å². The highest BCUT2D eigenvalue weighted by atomic mass is 16.5. The molecule has 2 heterocycles. The fourth-order valence-corrected chi connectivity index (χ4v) is 1.93. The van der Waals surface area contributed by atoms with E-state index in [1.807, 2.05) is 19.9 Å². The molecule has 3 heteroatoms. The van der Waals surface area contributed by atoms with Crippen LogP contribution in [0.3, 0.4) is 0 Å². The maximum absolute atomic E-state index is 12.0. The van der Waals surface area contributed by atoms with E-state index in [4.69, 9.17) is 4.74 Å². The molecule has 2 unspecified atom stereocenters. The van der Waals surface area contributed by atoms with E-state index in [0.29, 0.717) is 12.2 Å². The molecule has 0 bridgehead atoms. The van der Waals surface area contributed by atoms with E-state index in [9.17, 15) is 4.79 Å². The first-order chi connectivity index (χ1) is 7.16. The van der Waals surface area contributed by atoms with Gasteiger partial charge in [-0.3, -0.25) is 9.78 Å². The molecule has 0 radical (unpaired) electrons. The average molecular weight is 205 g/mol. The Morgan fingerprint density at radius 3 is 2.93 bits per heavy atom. The van der Waals surface area contributed by atoms with Gasteiger partial charge in [0.15, 0.2) is 5.78 Å². The van der Waals surface area contributed by atoms with E-state index in [2.05, 4.69) is 4.98 Å². The van der Waals surface area contributed by atoms with Crippen molar-refractivity contribution in [2.45, 2.75) is 26.4 Å². The van der Waals surface area contributed by atoms with Gasteiger partial charge in [0.25, 0.3) is 0 Å². The molecule has 1 saturated heterocycles. The number of hydrogen-bond donors (Lipinski definition) is 0. The smallest absolute Gasteiger partial charge is 0.169 e. The minimum Gasteiger partial charge on any atom is -0.378 e. The molecule has 15 heavy (non-hydrogen) atoms. The molecule has 0 N–H and O–H groups in total. The van der Waals surface area contributed by atoms with Gasteiger partial charge in [-0.1, -0.05) is 0 Å². The Morgan fingerprint density at radius 2 is 2.33 bits per heavy atom. The molecule has 3 nitrogen and oxygen atoms in total. The Morgan fingerprint density at radius 1 is 1.53 bits per heavy atom. The second-order valence-corrected chi connectivity index (χ2v) is 4.19. The Labute approximate surface area is 89.5 Å². The number of carbonyl (C=O) groups excluding carboxylic acids is 1. The minimum atomic E-state index is 0.0172. The molecule has 2 rings (SSSR count). The summed E-state index contributed by atoms with van der Waals surface area (Å²) in [5.41, 5.74) is 1.73. The summed E-state index contributed by atoms with van der Waals surface area (Å²) in [6.07, 6.45) is 4.42. The number of carbonyl (C=O) groups is 1. The molecule has 1 fully saturated rings. The van der Waals surface area contributed by atoms with Crippen molar-refractivity contribution in [1.29, 1.82) is 0 Å². The monoisotopic (exact) mass is 205 g/mol. The Balaban J connectivity index is 2.14. The molecule has 0 amide bonds. The van der Waals surface area contributed by atoms with Gasteiger partial charge in [0.2, 0.25) is 0 Å². The van der Waals surface area contributed by atoms with Gasteiger partial charge in [-0.15, -0.1) is 0 Å². The molecular formula is C12H15NO2. The van der Waals surface area contributed by atoms with Gasteiger partial charge in [-0.25, -0.2) is 0 Å². The Bertz CT molecular complexity index is 376. The lowest BCUT2D eigenvalue weighted by Crippen LogP contribution is -2.15. The maximum Gasteiger partial charge on any atom is 0.169 e. The van der Waals surface area contributed by atoms with Crippen LogP contribution in [0.4, 0.5) is 0 Å². The summed E-state index contributed by atoms with van der Waals surface area (Å²) in [4.78, 5) is 16.1. The fraction of sp³-hybridized carbons (Fsp3) is 0.500. The number of pyridine rings is 1. The van der Waals surface area contributed by atoms with Crippen LogP contribution in [0.25, 0.3) is 0 Å². The number of aryl methyl sites for hydroxylation is 1. The summed E-state index contributed by atoms with van der Waals surface area (Å²) in [7, 11) is 0. The van der Waals surface area contributed by atoms with Crippen molar-refractivity contribution in [3.63, 3.8) is 0 Å². The van der Waals surface area contributed by atoms with Crippen LogP contribution in [0.2, 0.25) is 0 Å². The fourth-order valence-electron chi connectivity index (χ4n) is 1.93. The van der Waals surface area contributed by atoms with E-state index in [0.717, 1.165) is 12.0 Å². The molecule has 80 valence electrons. The minimum absolute atomic E-state index is 0.0172. The largest absolute Gasteiger partial charge is 0.378 e. The quantitative estimate of drug-likeness (QED) is 0.693. The summed E-state index contributed by atoms with van der Waals surface area (Å²) < 4.78 is 5.40. The van der Waals surface area contributed by atoms with E-state index in [1.165, 1.54) is 0 Å². The van der Waals surface area contributed by atoms with E-state index >= 15 is 0 Å². The SMILES string of the molecule is Cc1cncc(C(=O)C2COC(C)C2)c1. The number of aromatic nitrogens is 1. The van der Waals surface area contributed by atoms with Crippen LogP contribution in [0, 0.1) is 12.8 Å². The van der Waals surface area contributed by atoms with Gasteiger partial charge in [-0.2, -0.15) is 0 Å². The zero-order valence-electron chi connectivity index (χ0n) is 9.06. The van der Waals surface area contributed by atoms with Crippen molar-refractivity contribution in [3.05, 3.63) is 29.6 Å². The Kier molecular flexibility index (Phi) is 2.82. The van der Waals surface area contributed by atoms with Crippen molar-refractivity contribution < 1.29 is 9.53 Å². The Hall–Kier alpha value is -1.22. The van der Waals surface area contributed by atoms with Crippen LogP contribution in [0.5, 0.6) is 0 Å². The lowest BCUT2D eigenvalue weighted by Gasteiger charge is -2.06. The third-order valence-corrected chi connectivity index (χ3v) is 2.73. The van der Waals surface area contributed by atoms with Crippen LogP contribution in [0.15, 0.2) is 18.5 Å². The second kappa shape index (κ2) is 4.11. The molecule has 1 aromatic rings. The van der Waals surface area contributed by atoms with E-state index < -0.39 is 0 Å². The lowest BCUT2D eigenvalue weighted by molar-refractivity contribution is 0.0877. The van der Waals surface area contributed by atoms with Crippen molar-refractivity contribution in [2.75, 3.05) is 6.61 Å². The average Bonchev–Trinajstić information content (AvgIpc) is 2.64. The van der Waals surface area contributed by atoms with Gasteiger partial charge in [0.05, 0.1) is 12.7 Å². The van der Waals surface area contributed by atoms with Crippen molar-refractivity contribution >= 4 is 5.78 Å². The number of Topliss-reactive ketones (excluding diaryl/α,β-unsaturated/α-hetero) is 1. The summed E-state index contributed by atoms with van der Waals surface area (Å²) in [6.45, 7) is 4.49. The summed E-state index contributed by atoms with van der Waals surface area (Å²) in [5, 5.41) is 0. The van der Waals surface area contributed by atoms with E-state index in [-0.39, 0.29) is 17.8 Å². The molecule has 0 saturated carbocycles. The molecule has 1 aliphatic heterocycles. The predicted molar refractivity (Wildman–Crippen MR) is 56.8 cm³/mol. The summed E-state index contributed by atoms with van der Waals surface area (Å²) in [5.74, 6) is 0.180. The summed E-state index contributed by atoms with van der Waals surface area (Å²) in [6, 6.07) is 1.89. The molecule has 2 atom stereocenters. The van der Waals surface area contributed by atoms with Crippen LogP contribution < -0.4 is 0 Å². The predicted octanol–water partition coefficient (Wildman–Crippen LogP) is 2.00. The highest BCUT2D eigenvalue weighted by Crippen LogP contribution is 2.23. The van der Waals surface area contributed by atoms with Crippen molar-refractivity contribution in [2.24, 2.45) is 5.92 Å². The van der Waals surface area contributed by atoms with Gasteiger partial charge in [-0.05, 0) is 31.9 Å². The third-order valence-electron chi connectivity index (χ3n) is 2.73. The number of nitrogens with zero attached hydrogens (tertiary/aromatic N) is 1. The molecular weight excluding hydrogens is 190 g/mol. The first-order valence-electron chi connectivity index (χ1n) is 5.24. The standard InChI is InChI=1S/C12H15NO2/c1-8-3-10(6-13-5-8)12(14)11-4-9(2)15-7-11/h3,5-6,9,11H,4,7H2,1-2H3. The normalized spacial score (nSPS) is 25.5. The maximum atomic E-state index is 12.0. The number of ketones is 1. The first kappa shape index (κ1) is 10.3. The molecule has 1 aromatic heterocycles. The topological polar surface area (TPSA) is 39.2 Å². The van der Waals surface area contributed by atoms with Gasteiger partial charge >= 0.3 is 0 Å². The zero-order valence-corrected chi connectivity index (χ0v) is 9.06. The molecule has 0 spiro atoms. The highest BCUT2D eigenvalue weighted by molar-refractivity contribution is 5.97. The second-order valence-electron chi connectivity index (χ2n) is 4.19. The highest BCUT2D eigenvalue weighted by Gasteiger charge is 2.28. The van der Waals surface area contributed by atoms with Crippen LogP contribution in [0.1, 0.15) is 29.3 Å². The van der Waals surface area contributed by atoms with Crippen LogP contribution in [-0.4, -0.2) is 23.5 Å². The molecule has 1 aliphatic rings. The number of ether oxygens (including phenoxy) is 1. The van der Waals surface area contributed by atoms with Gasteiger partial charge < -0.3 is 4.74 Å². The lowest BCUT2D eigenvalue weighted by atomic mass is 9.96. The number of hydrogen-bond acceptors (Lipinski definition) is 3. The van der Waals surface area contributed by atoms with Crippen molar-refractivity contribution in [3.8, 4) is 0 Å². The molecule has 0 aliphatic carbocycles. The third kappa shape index (κ3) is 2.23. The first-order valence-corrected chi connectivity index (χ1v) is 5.24. The van der Waals surface area contributed by atoms with E-state index in [1.54, 1.807) is 12.4 Å². The van der Waals surface area contributed by atoms with Crippen LogP contribution in [-0.2, 0) is 4.74 Å². The van der Waals surface area contributed by atoms with Crippen molar-refractivity contribution in [1.82, 2.24) is 4.98 Å². The van der Waals surface area contributed by atoms with Crippen LogP contribution >= 0.6 is 0 Å². The number of rotatable bonds is 2. The van der Waals surface area contributed by atoms with Gasteiger partial charge in [0, 0.05) is 23.9 Å².